The molecule has 1 aromatic rings. The molecule has 2 rings (SSSR count). The second kappa shape index (κ2) is 5.76. The van der Waals surface area contributed by atoms with E-state index in [1.807, 2.05) is 0 Å². The number of rotatable bonds is 3. The summed E-state index contributed by atoms with van der Waals surface area (Å²) >= 11 is 0. The lowest BCUT2D eigenvalue weighted by atomic mass is 9.92. The average Bonchev–Trinajstić information content (AvgIpc) is 2.37. The molecule has 1 fully saturated rings. The molecule has 100 valence electrons. The first-order valence-corrected chi connectivity index (χ1v) is 6.73. The maximum absolute atomic E-state index is 12.9. The summed E-state index contributed by atoms with van der Waals surface area (Å²) in [5.41, 5.74) is 7.01. The van der Waals surface area contributed by atoms with Crippen molar-refractivity contribution in [1.29, 1.82) is 0 Å². The summed E-state index contributed by atoms with van der Waals surface area (Å²) in [6.45, 7) is 6.35. The molecular weight excluding hydrogens is 229 g/mol. The fourth-order valence-electron chi connectivity index (χ4n) is 2.72. The third-order valence-corrected chi connectivity index (χ3v) is 3.92. The Morgan fingerprint density at radius 1 is 1.56 bits per heavy atom. The zero-order valence-electron chi connectivity index (χ0n) is 11.1. The molecule has 0 spiro atoms. The predicted molar refractivity (Wildman–Crippen MR) is 70.6 cm³/mol. The van der Waals surface area contributed by atoms with E-state index in [2.05, 4.69) is 23.7 Å². The van der Waals surface area contributed by atoms with Crippen LogP contribution in [0.5, 0.6) is 0 Å². The Bertz CT molecular complexity index is 379. The number of aromatic nitrogens is 1. The Balaban J connectivity index is 2.11. The van der Waals surface area contributed by atoms with E-state index in [-0.39, 0.29) is 11.9 Å². The normalized spacial score (nSPS) is 27.1. The molecule has 0 bridgehead atoms. The standard InChI is InChI=1S/C14H22FN3/c1-3-14(13-5-4-11(15)8-17-13)18-7-6-12(16)10(2)9-18/h4-5,8,10,12,14H,3,6-7,9,16H2,1-2H3. The van der Waals surface area contributed by atoms with Crippen LogP contribution in [0.25, 0.3) is 0 Å². The van der Waals surface area contributed by atoms with Gasteiger partial charge in [-0.15, -0.1) is 0 Å². The quantitative estimate of drug-likeness (QED) is 0.896. The maximum Gasteiger partial charge on any atom is 0.141 e. The monoisotopic (exact) mass is 251 g/mol. The summed E-state index contributed by atoms with van der Waals surface area (Å²) in [5, 5.41) is 0. The zero-order chi connectivity index (χ0) is 13.1. The molecule has 2 N–H and O–H groups in total. The van der Waals surface area contributed by atoms with Gasteiger partial charge in [0.05, 0.1) is 17.9 Å². The number of likely N-dealkylation sites (tertiary alicyclic amines) is 1. The van der Waals surface area contributed by atoms with Gasteiger partial charge in [0.1, 0.15) is 5.82 Å². The lowest BCUT2D eigenvalue weighted by Gasteiger charge is -2.39. The fraction of sp³-hybridized carbons (Fsp3) is 0.643. The number of nitrogens with two attached hydrogens (primary N) is 1. The minimum Gasteiger partial charge on any atom is -0.327 e. The topological polar surface area (TPSA) is 42.2 Å². The smallest absolute Gasteiger partial charge is 0.141 e. The van der Waals surface area contributed by atoms with Crippen LogP contribution in [-0.4, -0.2) is 29.0 Å². The maximum atomic E-state index is 12.9. The average molecular weight is 251 g/mol. The molecule has 0 radical (unpaired) electrons. The van der Waals surface area contributed by atoms with Gasteiger partial charge in [-0.1, -0.05) is 13.8 Å². The van der Waals surface area contributed by atoms with Gasteiger partial charge in [-0.05, 0) is 30.9 Å². The SMILES string of the molecule is CCC(c1ccc(F)cn1)N1CCC(N)C(C)C1. The third kappa shape index (κ3) is 2.87. The van der Waals surface area contributed by atoms with E-state index in [9.17, 15) is 4.39 Å². The van der Waals surface area contributed by atoms with Crippen molar-refractivity contribution in [1.82, 2.24) is 9.88 Å². The molecule has 0 amide bonds. The molecule has 18 heavy (non-hydrogen) atoms. The van der Waals surface area contributed by atoms with Gasteiger partial charge < -0.3 is 5.73 Å². The van der Waals surface area contributed by atoms with Gasteiger partial charge in [-0.2, -0.15) is 0 Å². The van der Waals surface area contributed by atoms with E-state index in [0.29, 0.717) is 12.0 Å². The van der Waals surface area contributed by atoms with Crippen LogP contribution in [0.2, 0.25) is 0 Å². The minimum atomic E-state index is -0.275. The second-order valence-electron chi connectivity index (χ2n) is 5.25. The Morgan fingerprint density at radius 3 is 2.89 bits per heavy atom. The molecule has 3 unspecified atom stereocenters. The van der Waals surface area contributed by atoms with Crippen molar-refractivity contribution < 1.29 is 4.39 Å². The molecule has 0 aromatic carbocycles. The second-order valence-corrected chi connectivity index (χ2v) is 5.25. The molecule has 0 aliphatic carbocycles. The predicted octanol–water partition coefficient (Wildman–Crippen LogP) is 2.34. The lowest BCUT2D eigenvalue weighted by molar-refractivity contribution is 0.110. The molecule has 1 aromatic heterocycles. The first-order chi connectivity index (χ1) is 8.61. The third-order valence-electron chi connectivity index (χ3n) is 3.92. The minimum absolute atomic E-state index is 0.275. The summed E-state index contributed by atoms with van der Waals surface area (Å²) in [5.74, 6) is 0.232. The fourth-order valence-corrected chi connectivity index (χ4v) is 2.72. The van der Waals surface area contributed by atoms with Crippen LogP contribution in [0, 0.1) is 11.7 Å². The summed E-state index contributed by atoms with van der Waals surface area (Å²) in [4.78, 5) is 6.65. The number of nitrogens with zero attached hydrogens (tertiary/aromatic N) is 2. The van der Waals surface area contributed by atoms with E-state index in [1.165, 1.54) is 12.3 Å². The van der Waals surface area contributed by atoms with Gasteiger partial charge in [0.2, 0.25) is 0 Å². The van der Waals surface area contributed by atoms with Crippen molar-refractivity contribution in [2.75, 3.05) is 13.1 Å². The van der Waals surface area contributed by atoms with E-state index >= 15 is 0 Å². The van der Waals surface area contributed by atoms with Gasteiger partial charge in [0, 0.05) is 19.1 Å². The van der Waals surface area contributed by atoms with Crippen molar-refractivity contribution in [2.45, 2.75) is 38.8 Å². The Morgan fingerprint density at radius 2 is 2.33 bits per heavy atom. The highest BCUT2D eigenvalue weighted by molar-refractivity contribution is 5.10. The number of pyridine rings is 1. The van der Waals surface area contributed by atoms with Crippen molar-refractivity contribution in [3.8, 4) is 0 Å². The Labute approximate surface area is 108 Å². The number of hydrogen-bond donors (Lipinski definition) is 1. The highest BCUT2D eigenvalue weighted by Crippen LogP contribution is 2.27. The van der Waals surface area contributed by atoms with Crippen LogP contribution in [0.15, 0.2) is 18.3 Å². The molecule has 3 atom stereocenters. The number of halogens is 1. The van der Waals surface area contributed by atoms with E-state index in [4.69, 9.17) is 5.73 Å². The molecular formula is C14H22FN3. The van der Waals surface area contributed by atoms with Gasteiger partial charge in [-0.3, -0.25) is 9.88 Å². The lowest BCUT2D eigenvalue weighted by Crippen LogP contribution is -2.47. The molecule has 3 nitrogen and oxygen atoms in total. The molecule has 2 heterocycles. The number of piperidine rings is 1. The van der Waals surface area contributed by atoms with E-state index in [1.54, 1.807) is 6.07 Å². The van der Waals surface area contributed by atoms with Gasteiger partial charge in [0.15, 0.2) is 0 Å². The van der Waals surface area contributed by atoms with Crippen molar-refractivity contribution >= 4 is 0 Å². The molecule has 1 aliphatic rings. The van der Waals surface area contributed by atoms with Crippen molar-refractivity contribution in [3.63, 3.8) is 0 Å². The number of hydrogen-bond acceptors (Lipinski definition) is 3. The zero-order valence-corrected chi connectivity index (χ0v) is 11.1. The van der Waals surface area contributed by atoms with Gasteiger partial charge in [0.25, 0.3) is 0 Å². The van der Waals surface area contributed by atoms with Crippen LogP contribution in [0.3, 0.4) is 0 Å². The highest BCUT2D eigenvalue weighted by atomic mass is 19.1. The van der Waals surface area contributed by atoms with Gasteiger partial charge in [-0.25, -0.2) is 4.39 Å². The highest BCUT2D eigenvalue weighted by Gasteiger charge is 2.28. The van der Waals surface area contributed by atoms with Crippen LogP contribution >= 0.6 is 0 Å². The molecule has 0 saturated carbocycles. The summed E-state index contributed by atoms with van der Waals surface area (Å²) in [7, 11) is 0. The summed E-state index contributed by atoms with van der Waals surface area (Å²) in [6.07, 6.45) is 3.32. The van der Waals surface area contributed by atoms with Crippen LogP contribution in [0.4, 0.5) is 4.39 Å². The first-order valence-electron chi connectivity index (χ1n) is 6.73. The van der Waals surface area contributed by atoms with Gasteiger partial charge >= 0.3 is 0 Å². The Hall–Kier alpha value is -1.00. The Kier molecular flexibility index (Phi) is 4.30. The van der Waals surface area contributed by atoms with Crippen molar-refractivity contribution in [3.05, 3.63) is 29.8 Å². The molecule has 1 aliphatic heterocycles. The first kappa shape index (κ1) is 13.4. The van der Waals surface area contributed by atoms with Crippen LogP contribution in [-0.2, 0) is 0 Å². The molecule has 4 heteroatoms. The van der Waals surface area contributed by atoms with E-state index in [0.717, 1.165) is 31.6 Å². The van der Waals surface area contributed by atoms with Crippen molar-refractivity contribution in [2.24, 2.45) is 11.7 Å². The van der Waals surface area contributed by atoms with E-state index < -0.39 is 0 Å². The van der Waals surface area contributed by atoms with Crippen LogP contribution in [0.1, 0.15) is 38.4 Å². The van der Waals surface area contributed by atoms with Crippen LogP contribution < -0.4 is 5.73 Å². The molecule has 1 saturated heterocycles. The largest absolute Gasteiger partial charge is 0.327 e. The summed E-state index contributed by atoms with van der Waals surface area (Å²) < 4.78 is 12.9. The summed E-state index contributed by atoms with van der Waals surface area (Å²) in [6, 6.07) is 3.87.